The molecule has 0 heterocycles. The summed E-state index contributed by atoms with van der Waals surface area (Å²) in [4.78, 5) is 0. The Morgan fingerprint density at radius 2 is 0.789 bits per heavy atom. The third-order valence-corrected chi connectivity index (χ3v) is 4.18. The standard InChI is InChI=1S/C18H39B/c1-16(2)10-7-13-19(14-8-11-17(3)4)15-9-12-18(5)6/h16-18H,7-15H2,1-6H3. The van der Waals surface area contributed by atoms with Gasteiger partial charge in [-0.2, -0.15) is 0 Å². The van der Waals surface area contributed by atoms with Gasteiger partial charge < -0.3 is 0 Å². The second-order valence-corrected chi connectivity index (χ2v) is 7.84. The molecular formula is C18H39B. The van der Waals surface area contributed by atoms with Gasteiger partial charge in [0.05, 0.1) is 0 Å². The number of hydrogen-bond donors (Lipinski definition) is 0. The molecule has 0 unspecified atom stereocenters. The van der Waals surface area contributed by atoms with Crippen molar-refractivity contribution in [1.29, 1.82) is 0 Å². The molecule has 0 atom stereocenters. The highest BCUT2D eigenvalue weighted by molar-refractivity contribution is 6.58. The molecule has 0 bridgehead atoms. The van der Waals surface area contributed by atoms with Crippen LogP contribution in [0.2, 0.25) is 19.0 Å². The quantitative estimate of drug-likeness (QED) is 0.341. The lowest BCUT2D eigenvalue weighted by atomic mass is 9.41. The van der Waals surface area contributed by atoms with E-state index >= 15 is 0 Å². The van der Waals surface area contributed by atoms with Gasteiger partial charge in [-0.25, -0.2) is 0 Å². The van der Waals surface area contributed by atoms with E-state index in [0.717, 1.165) is 24.5 Å². The molecule has 0 nitrogen and oxygen atoms in total. The topological polar surface area (TPSA) is 0 Å². The SMILES string of the molecule is CC(C)CCCB(CCCC(C)C)CCCC(C)C. The molecule has 0 fully saturated rings. The van der Waals surface area contributed by atoms with Crippen molar-refractivity contribution in [1.82, 2.24) is 0 Å². The normalized spacial score (nSPS) is 11.8. The van der Waals surface area contributed by atoms with E-state index in [0.29, 0.717) is 0 Å². The Balaban J connectivity index is 3.85. The summed E-state index contributed by atoms with van der Waals surface area (Å²) in [6.07, 6.45) is 13.1. The van der Waals surface area contributed by atoms with Crippen molar-refractivity contribution in [3.05, 3.63) is 0 Å². The summed E-state index contributed by atoms with van der Waals surface area (Å²) >= 11 is 0. The fraction of sp³-hybridized carbons (Fsp3) is 1.00. The average Bonchev–Trinajstić information content (AvgIpc) is 2.26. The summed E-state index contributed by atoms with van der Waals surface area (Å²) in [5.74, 6) is 2.64. The maximum atomic E-state index is 2.35. The van der Waals surface area contributed by atoms with Crippen LogP contribution in [0.5, 0.6) is 0 Å². The highest BCUT2D eigenvalue weighted by Crippen LogP contribution is 2.20. The molecule has 1 heteroatoms. The van der Waals surface area contributed by atoms with Crippen LogP contribution in [-0.2, 0) is 0 Å². The lowest BCUT2D eigenvalue weighted by Gasteiger charge is -2.16. The van der Waals surface area contributed by atoms with Gasteiger partial charge in [-0.3, -0.25) is 0 Å². The molecule has 0 radical (unpaired) electrons. The second-order valence-electron chi connectivity index (χ2n) is 7.84. The highest BCUT2D eigenvalue weighted by atomic mass is 14.0. The molecule has 0 aliphatic heterocycles. The summed E-state index contributed by atoms with van der Waals surface area (Å²) in [7, 11) is 0. The molecule has 0 saturated heterocycles. The van der Waals surface area contributed by atoms with Crippen LogP contribution in [0.1, 0.15) is 80.1 Å². The first-order valence-corrected chi connectivity index (χ1v) is 8.91. The summed E-state index contributed by atoms with van der Waals surface area (Å²) in [5, 5.41) is 0. The van der Waals surface area contributed by atoms with Crippen molar-refractivity contribution < 1.29 is 0 Å². The van der Waals surface area contributed by atoms with Crippen LogP contribution in [0, 0.1) is 17.8 Å². The fourth-order valence-corrected chi connectivity index (χ4v) is 2.88. The molecule has 0 aromatic heterocycles. The van der Waals surface area contributed by atoms with Crippen molar-refractivity contribution >= 4 is 6.71 Å². The molecule has 0 spiro atoms. The van der Waals surface area contributed by atoms with Crippen LogP contribution >= 0.6 is 0 Å². The Morgan fingerprint density at radius 3 is 1.00 bits per heavy atom. The lowest BCUT2D eigenvalue weighted by Crippen LogP contribution is -2.13. The van der Waals surface area contributed by atoms with Gasteiger partial charge in [0.25, 0.3) is 0 Å². The van der Waals surface area contributed by atoms with E-state index in [4.69, 9.17) is 0 Å². The smallest absolute Gasteiger partial charge is 0.0741 e. The van der Waals surface area contributed by atoms with E-state index in [9.17, 15) is 0 Å². The van der Waals surface area contributed by atoms with E-state index in [-0.39, 0.29) is 0 Å². The van der Waals surface area contributed by atoms with Crippen LogP contribution < -0.4 is 0 Å². The Morgan fingerprint density at radius 1 is 0.526 bits per heavy atom. The van der Waals surface area contributed by atoms with Crippen molar-refractivity contribution in [2.24, 2.45) is 17.8 Å². The molecule has 0 N–H and O–H groups in total. The second kappa shape index (κ2) is 11.9. The summed E-state index contributed by atoms with van der Waals surface area (Å²) < 4.78 is 0. The van der Waals surface area contributed by atoms with E-state index in [1.807, 2.05) is 0 Å². The molecule has 0 aromatic carbocycles. The van der Waals surface area contributed by atoms with Gasteiger partial charge in [0.15, 0.2) is 0 Å². The zero-order valence-electron chi connectivity index (χ0n) is 14.7. The zero-order chi connectivity index (χ0) is 14.7. The fourth-order valence-electron chi connectivity index (χ4n) is 2.88. The molecule has 19 heavy (non-hydrogen) atoms. The minimum Gasteiger partial charge on any atom is -0.0741 e. The van der Waals surface area contributed by atoms with Crippen molar-refractivity contribution in [2.75, 3.05) is 0 Å². The Hall–Kier alpha value is 0.0649. The lowest BCUT2D eigenvalue weighted by molar-refractivity contribution is 0.558. The summed E-state index contributed by atoms with van der Waals surface area (Å²) in [6.45, 7) is 15.1. The summed E-state index contributed by atoms with van der Waals surface area (Å²) in [5.41, 5.74) is 0. The van der Waals surface area contributed by atoms with Gasteiger partial charge in [0.2, 0.25) is 0 Å². The average molecular weight is 266 g/mol. The van der Waals surface area contributed by atoms with Crippen molar-refractivity contribution in [3.63, 3.8) is 0 Å². The Labute approximate surface area is 124 Å². The first-order chi connectivity index (χ1) is 8.91. The van der Waals surface area contributed by atoms with Gasteiger partial charge in [0, 0.05) is 0 Å². The summed E-state index contributed by atoms with van der Waals surface area (Å²) in [6, 6.07) is 0. The van der Waals surface area contributed by atoms with Crippen molar-refractivity contribution in [3.8, 4) is 0 Å². The zero-order valence-corrected chi connectivity index (χ0v) is 14.7. The molecular weight excluding hydrogens is 227 g/mol. The molecule has 114 valence electrons. The minimum atomic E-state index is 0.881. The molecule has 0 aromatic rings. The molecule has 0 amide bonds. The molecule has 0 rings (SSSR count). The molecule has 0 aliphatic rings. The number of hydrogen-bond acceptors (Lipinski definition) is 0. The van der Waals surface area contributed by atoms with E-state index in [1.54, 1.807) is 0 Å². The Bertz CT molecular complexity index is 151. The van der Waals surface area contributed by atoms with Gasteiger partial charge in [-0.15, -0.1) is 0 Å². The third kappa shape index (κ3) is 14.3. The van der Waals surface area contributed by atoms with E-state index in [2.05, 4.69) is 41.5 Å². The largest absolute Gasteiger partial charge is 0.139 e. The highest BCUT2D eigenvalue weighted by Gasteiger charge is 2.13. The van der Waals surface area contributed by atoms with Crippen molar-refractivity contribution in [2.45, 2.75) is 99.0 Å². The monoisotopic (exact) mass is 266 g/mol. The first kappa shape index (κ1) is 19.1. The van der Waals surface area contributed by atoms with Gasteiger partial charge in [-0.05, 0) is 17.8 Å². The minimum absolute atomic E-state index is 0.881. The predicted molar refractivity (Wildman–Crippen MR) is 92.4 cm³/mol. The number of rotatable bonds is 12. The van der Waals surface area contributed by atoms with Gasteiger partial charge in [-0.1, -0.05) is 99.0 Å². The van der Waals surface area contributed by atoms with Crippen LogP contribution in [0.4, 0.5) is 0 Å². The van der Waals surface area contributed by atoms with Crippen LogP contribution in [0.25, 0.3) is 0 Å². The predicted octanol–water partition coefficient (Wildman–Crippen LogP) is 6.79. The third-order valence-electron chi connectivity index (χ3n) is 4.18. The van der Waals surface area contributed by atoms with E-state index < -0.39 is 0 Å². The van der Waals surface area contributed by atoms with Gasteiger partial charge >= 0.3 is 0 Å². The molecule has 0 aliphatic carbocycles. The van der Waals surface area contributed by atoms with Crippen LogP contribution in [0.15, 0.2) is 0 Å². The van der Waals surface area contributed by atoms with Crippen LogP contribution in [0.3, 0.4) is 0 Å². The first-order valence-electron chi connectivity index (χ1n) is 8.91. The molecule has 0 saturated carbocycles. The van der Waals surface area contributed by atoms with Crippen LogP contribution in [-0.4, -0.2) is 6.71 Å². The van der Waals surface area contributed by atoms with Gasteiger partial charge in [0.1, 0.15) is 6.71 Å². The maximum absolute atomic E-state index is 2.35. The van der Waals surface area contributed by atoms with E-state index in [1.165, 1.54) is 57.5 Å². The maximum Gasteiger partial charge on any atom is 0.139 e. The Kier molecular flexibility index (Phi) is 11.9.